The van der Waals surface area contributed by atoms with Crippen LogP contribution >= 0.6 is 11.6 Å². The van der Waals surface area contributed by atoms with Crippen LogP contribution in [0.25, 0.3) is 32.8 Å². The molecule has 3 heterocycles. The Morgan fingerprint density at radius 2 is 1.74 bits per heavy atom. The molecule has 0 radical (unpaired) electrons. The van der Waals surface area contributed by atoms with Crippen molar-refractivity contribution in [2.45, 2.75) is 65.3 Å². The van der Waals surface area contributed by atoms with Crippen LogP contribution in [0.15, 0.2) is 60.7 Å². The number of hydrogen-bond donors (Lipinski definition) is 1. The molecule has 0 spiro atoms. The van der Waals surface area contributed by atoms with E-state index in [4.69, 9.17) is 26.2 Å². The summed E-state index contributed by atoms with van der Waals surface area (Å²) in [7, 11) is -1.69. The number of nitrogens with one attached hydrogen (secondary N) is 1. The van der Waals surface area contributed by atoms with Gasteiger partial charge in [0.2, 0.25) is 10.0 Å². The molecule has 10 nitrogen and oxygen atoms in total. The quantitative estimate of drug-likeness (QED) is 0.0522. The van der Waals surface area contributed by atoms with Crippen LogP contribution in [-0.4, -0.2) is 89.4 Å². The smallest absolute Gasteiger partial charge is 0.355 e. The summed E-state index contributed by atoms with van der Waals surface area (Å²) in [6.07, 6.45) is 5.47. The summed E-state index contributed by atoms with van der Waals surface area (Å²) in [6.45, 7) is 8.16. The molecule has 1 saturated heterocycles. The van der Waals surface area contributed by atoms with Gasteiger partial charge < -0.3 is 19.4 Å². The number of likely N-dealkylation sites (tertiary alicyclic amines) is 1. The van der Waals surface area contributed by atoms with Gasteiger partial charge in [-0.25, -0.2) is 13.2 Å². The number of aromatic nitrogens is 3. The van der Waals surface area contributed by atoms with E-state index < -0.39 is 16.0 Å². The van der Waals surface area contributed by atoms with Crippen LogP contribution in [0.3, 0.4) is 0 Å². The molecule has 1 aliphatic rings. The number of benzene rings is 3. The second-order valence-corrected chi connectivity index (χ2v) is 16.2. The van der Waals surface area contributed by atoms with Crippen molar-refractivity contribution in [2.75, 3.05) is 51.0 Å². The first-order valence-electron chi connectivity index (χ1n) is 19.0. The third-order valence-electron chi connectivity index (χ3n) is 10.2. The van der Waals surface area contributed by atoms with E-state index in [1.807, 2.05) is 54.2 Å². The van der Waals surface area contributed by atoms with Crippen LogP contribution in [0, 0.1) is 0 Å². The molecule has 6 rings (SSSR count). The van der Waals surface area contributed by atoms with Crippen molar-refractivity contribution in [3.8, 4) is 16.9 Å². The number of alkyl halides is 1. The average molecular weight is 762 g/mol. The third kappa shape index (κ3) is 8.91. The maximum absolute atomic E-state index is 13.8. The number of aryl methyl sites for hydroxylation is 2. The monoisotopic (exact) mass is 761 g/mol. The molecule has 0 bridgehead atoms. The number of nitrogens with zero attached hydrogens (tertiary/aromatic N) is 4. The molecule has 0 saturated carbocycles. The molecule has 1 fully saturated rings. The zero-order valence-corrected chi connectivity index (χ0v) is 32.8. The van der Waals surface area contributed by atoms with Crippen molar-refractivity contribution in [2.24, 2.45) is 7.05 Å². The highest BCUT2D eigenvalue weighted by Crippen LogP contribution is 2.37. The topological polar surface area (TPSA) is 110 Å². The van der Waals surface area contributed by atoms with Crippen LogP contribution < -0.4 is 4.74 Å². The molecule has 0 aliphatic carbocycles. The molecule has 12 heteroatoms. The largest absolute Gasteiger partial charge is 0.493 e. The second kappa shape index (κ2) is 18.0. The number of ether oxygens (including phenoxy) is 2. The highest BCUT2D eigenvalue weighted by atomic mass is 35.5. The molecule has 0 atom stereocenters. The van der Waals surface area contributed by atoms with Gasteiger partial charge in [0.1, 0.15) is 11.4 Å². The summed E-state index contributed by atoms with van der Waals surface area (Å²) < 4.78 is 42.8. The van der Waals surface area contributed by atoms with Crippen molar-refractivity contribution in [1.29, 1.82) is 0 Å². The molecule has 5 aromatic rings. The standard InChI is InChI=1S/C41H52ClN5O5S/c1-4-36-38(35(44-45(36)3)29-47(53(49,50)28-13-22-42)26-14-25-46-23-8-9-24-46)34-19-11-18-32-33(40(43-39(32)34)41(48)51-5-2)20-12-27-52-37-21-10-16-30-15-6-7-17-31(30)37/h6-7,10-11,15-19,21,43H,4-5,8-9,12-14,20,22-29H2,1-3H3. The number of rotatable bonds is 19. The van der Waals surface area contributed by atoms with Gasteiger partial charge in [0, 0.05) is 47.1 Å². The summed E-state index contributed by atoms with van der Waals surface area (Å²) >= 11 is 5.96. The Bertz CT molecular complexity index is 2120. The lowest BCUT2D eigenvalue weighted by Gasteiger charge is -2.23. The minimum Gasteiger partial charge on any atom is -0.493 e. The first-order valence-corrected chi connectivity index (χ1v) is 21.1. The van der Waals surface area contributed by atoms with E-state index in [9.17, 15) is 13.2 Å². The van der Waals surface area contributed by atoms with Crippen molar-refractivity contribution in [1.82, 2.24) is 24.0 Å². The minimum atomic E-state index is -3.60. The van der Waals surface area contributed by atoms with Gasteiger partial charge in [-0.3, -0.25) is 4.68 Å². The van der Waals surface area contributed by atoms with Gasteiger partial charge in [-0.2, -0.15) is 9.40 Å². The van der Waals surface area contributed by atoms with Crippen molar-refractivity contribution in [3.05, 3.63) is 83.3 Å². The van der Waals surface area contributed by atoms with Gasteiger partial charge in [0.15, 0.2) is 0 Å². The number of para-hydroxylation sites is 1. The zero-order valence-electron chi connectivity index (χ0n) is 31.2. The summed E-state index contributed by atoms with van der Waals surface area (Å²) in [5, 5.41) is 8.05. The van der Waals surface area contributed by atoms with Gasteiger partial charge in [-0.05, 0) is 88.5 Å². The van der Waals surface area contributed by atoms with E-state index in [-0.39, 0.29) is 24.8 Å². The molecule has 284 valence electrons. The first kappa shape index (κ1) is 38.8. The fourth-order valence-electron chi connectivity index (χ4n) is 7.65. The lowest BCUT2D eigenvalue weighted by molar-refractivity contribution is 0.0519. The normalized spacial score (nSPS) is 13.8. The molecule has 1 N–H and O–H groups in total. The van der Waals surface area contributed by atoms with E-state index in [1.54, 1.807) is 11.2 Å². The summed E-state index contributed by atoms with van der Waals surface area (Å²) in [4.78, 5) is 19.3. The zero-order chi connectivity index (χ0) is 37.4. The second-order valence-electron chi connectivity index (χ2n) is 13.7. The Balaban J connectivity index is 1.33. The van der Waals surface area contributed by atoms with Gasteiger partial charge in [-0.1, -0.05) is 61.5 Å². The van der Waals surface area contributed by atoms with E-state index >= 15 is 0 Å². The fraction of sp³-hybridized carbons (Fsp3) is 0.463. The van der Waals surface area contributed by atoms with E-state index in [2.05, 4.69) is 35.0 Å². The molecule has 1 aliphatic heterocycles. The summed E-state index contributed by atoms with van der Waals surface area (Å²) in [5.74, 6) is 0.702. The number of fused-ring (bicyclic) bond motifs is 2. The van der Waals surface area contributed by atoms with Gasteiger partial charge >= 0.3 is 5.97 Å². The van der Waals surface area contributed by atoms with Gasteiger partial charge in [0.25, 0.3) is 0 Å². The SMILES string of the molecule is CCOC(=O)c1[nH]c2c(-c3c(CN(CCCN4CCCC4)S(=O)(=O)CCCCl)nn(C)c3CC)cccc2c1CCCOc1cccc2ccccc12. The molecular weight excluding hydrogens is 710 g/mol. The average Bonchev–Trinajstić information content (AvgIpc) is 3.89. The number of carbonyl (C=O) groups excluding carboxylic acids is 1. The molecule has 53 heavy (non-hydrogen) atoms. The van der Waals surface area contributed by atoms with Crippen LogP contribution in [0.4, 0.5) is 0 Å². The predicted octanol–water partition coefficient (Wildman–Crippen LogP) is 7.72. The van der Waals surface area contributed by atoms with Crippen LogP contribution in [0.5, 0.6) is 5.75 Å². The highest BCUT2D eigenvalue weighted by molar-refractivity contribution is 7.89. The fourth-order valence-corrected chi connectivity index (χ4v) is 9.43. The lowest BCUT2D eigenvalue weighted by Crippen LogP contribution is -2.35. The molecule has 3 aromatic carbocycles. The lowest BCUT2D eigenvalue weighted by atomic mass is 9.97. The van der Waals surface area contributed by atoms with Gasteiger partial charge in [0.05, 0.1) is 36.7 Å². The Kier molecular flexibility index (Phi) is 13.1. The Morgan fingerprint density at radius 3 is 2.51 bits per heavy atom. The number of sulfonamides is 1. The minimum absolute atomic E-state index is 0.00824. The number of H-pyrrole nitrogens is 1. The highest BCUT2D eigenvalue weighted by Gasteiger charge is 2.29. The van der Waals surface area contributed by atoms with Crippen molar-refractivity contribution in [3.63, 3.8) is 0 Å². The Labute approximate surface area is 318 Å². The van der Waals surface area contributed by atoms with E-state index in [1.165, 1.54) is 12.8 Å². The van der Waals surface area contributed by atoms with Crippen LogP contribution in [-0.2, 0) is 41.2 Å². The molecular formula is C41H52ClN5O5S. The first-order chi connectivity index (χ1) is 25.7. The van der Waals surface area contributed by atoms with Crippen molar-refractivity contribution >= 4 is 49.3 Å². The molecule has 0 unspecified atom stereocenters. The van der Waals surface area contributed by atoms with Crippen molar-refractivity contribution < 1.29 is 22.7 Å². The number of halogens is 1. The number of esters is 1. The maximum atomic E-state index is 13.8. The third-order valence-corrected chi connectivity index (χ3v) is 12.3. The molecule has 2 aromatic heterocycles. The maximum Gasteiger partial charge on any atom is 0.355 e. The Morgan fingerprint density at radius 1 is 0.981 bits per heavy atom. The Hall–Kier alpha value is -3.90. The van der Waals surface area contributed by atoms with Crippen LogP contribution in [0.1, 0.15) is 73.4 Å². The summed E-state index contributed by atoms with van der Waals surface area (Å²) in [6, 6.07) is 20.3. The van der Waals surface area contributed by atoms with Gasteiger partial charge in [-0.15, -0.1) is 11.6 Å². The van der Waals surface area contributed by atoms with E-state index in [0.717, 1.165) is 75.9 Å². The summed E-state index contributed by atoms with van der Waals surface area (Å²) in [5.41, 5.74) is 5.54. The number of hydrogen-bond acceptors (Lipinski definition) is 7. The predicted molar refractivity (Wildman–Crippen MR) is 213 cm³/mol. The molecule has 0 amide bonds. The van der Waals surface area contributed by atoms with Crippen LogP contribution in [0.2, 0.25) is 0 Å². The number of carbonyl (C=O) groups is 1. The van der Waals surface area contributed by atoms with E-state index in [0.29, 0.717) is 50.2 Å². The number of aromatic amines is 1.